The third-order valence-corrected chi connectivity index (χ3v) is 4.88. The van der Waals surface area contributed by atoms with E-state index in [2.05, 4.69) is 12.3 Å². The first-order valence-corrected chi connectivity index (χ1v) is 11.9. The first-order chi connectivity index (χ1) is 15.7. The van der Waals surface area contributed by atoms with Crippen molar-refractivity contribution in [3.05, 3.63) is 35.9 Å². The highest BCUT2D eigenvalue weighted by Crippen LogP contribution is 2.15. The fourth-order valence-electron chi connectivity index (χ4n) is 3.07. The van der Waals surface area contributed by atoms with Gasteiger partial charge in [0.05, 0.1) is 12.5 Å². The van der Waals surface area contributed by atoms with E-state index in [1.54, 1.807) is 20.8 Å². The molecule has 8 nitrogen and oxygen atoms in total. The van der Waals surface area contributed by atoms with Gasteiger partial charge in [0.2, 0.25) is 12.3 Å². The van der Waals surface area contributed by atoms with Crippen LogP contribution in [0.15, 0.2) is 30.3 Å². The van der Waals surface area contributed by atoms with Gasteiger partial charge in [0.15, 0.2) is 0 Å². The number of carbonyl (C=O) groups excluding carboxylic acids is 3. The van der Waals surface area contributed by atoms with Gasteiger partial charge in [-0.05, 0) is 39.2 Å². The average molecular weight is 464 g/mol. The molecule has 0 unspecified atom stereocenters. The van der Waals surface area contributed by atoms with E-state index in [1.165, 1.54) is 5.01 Å². The number of hydrazine groups is 1. The number of amides is 3. The van der Waals surface area contributed by atoms with Gasteiger partial charge in [-0.1, -0.05) is 69.9 Å². The van der Waals surface area contributed by atoms with E-state index in [0.29, 0.717) is 19.4 Å². The highest BCUT2D eigenvalue weighted by molar-refractivity contribution is 5.81. The normalized spacial score (nSPS) is 12.0. The van der Waals surface area contributed by atoms with Gasteiger partial charge in [0, 0.05) is 6.54 Å². The van der Waals surface area contributed by atoms with Crippen molar-refractivity contribution in [2.45, 2.75) is 85.4 Å². The lowest BCUT2D eigenvalue weighted by Gasteiger charge is -2.30. The molecule has 8 heteroatoms. The van der Waals surface area contributed by atoms with Gasteiger partial charge in [0.25, 0.3) is 0 Å². The molecular weight excluding hydrogens is 422 g/mol. The molecule has 0 aliphatic heterocycles. The molecule has 186 valence electrons. The van der Waals surface area contributed by atoms with Gasteiger partial charge in [-0.2, -0.15) is 0 Å². The molecule has 1 atom stereocenters. The summed E-state index contributed by atoms with van der Waals surface area (Å²) in [5.41, 5.74) is 2.98. The standard InChI is InChI=1S/C25H41N3O5/c1-6-8-11-16-22(18-27(20-29)32-19-21-14-12-10-13-15-21)23(30)26-28(17-9-7-2)24(31)33-25(3,4)5/h10,12-15,20,22H,6-9,11,16-19H2,1-5H3,(H,26,30)/t22-/m1/s1. The smallest absolute Gasteiger partial charge is 0.429 e. The van der Waals surface area contributed by atoms with E-state index >= 15 is 0 Å². The molecule has 33 heavy (non-hydrogen) atoms. The quantitative estimate of drug-likeness (QED) is 0.242. The summed E-state index contributed by atoms with van der Waals surface area (Å²) in [7, 11) is 0. The predicted molar refractivity (Wildman–Crippen MR) is 128 cm³/mol. The molecule has 1 aromatic rings. The van der Waals surface area contributed by atoms with Gasteiger partial charge in [-0.3, -0.25) is 19.9 Å². The van der Waals surface area contributed by atoms with E-state index in [0.717, 1.165) is 42.7 Å². The van der Waals surface area contributed by atoms with Crippen molar-refractivity contribution in [3.63, 3.8) is 0 Å². The van der Waals surface area contributed by atoms with Crippen molar-refractivity contribution in [1.82, 2.24) is 15.5 Å². The van der Waals surface area contributed by atoms with Gasteiger partial charge in [-0.25, -0.2) is 14.9 Å². The summed E-state index contributed by atoms with van der Waals surface area (Å²) < 4.78 is 5.45. The number of rotatable bonds is 14. The molecule has 0 heterocycles. The number of hydrogen-bond acceptors (Lipinski definition) is 5. The minimum absolute atomic E-state index is 0.0990. The van der Waals surface area contributed by atoms with Gasteiger partial charge < -0.3 is 4.74 Å². The second-order valence-electron chi connectivity index (χ2n) is 9.12. The number of hydroxylamine groups is 2. The summed E-state index contributed by atoms with van der Waals surface area (Å²) in [6, 6.07) is 9.50. The van der Waals surface area contributed by atoms with Crippen molar-refractivity contribution in [2.24, 2.45) is 5.92 Å². The van der Waals surface area contributed by atoms with Crippen LogP contribution in [0.25, 0.3) is 0 Å². The number of nitrogens with one attached hydrogen (secondary N) is 1. The Morgan fingerprint density at radius 1 is 1.06 bits per heavy atom. The fourth-order valence-corrected chi connectivity index (χ4v) is 3.07. The summed E-state index contributed by atoms with van der Waals surface area (Å²) in [4.78, 5) is 43.0. The number of ether oxygens (including phenoxy) is 1. The average Bonchev–Trinajstić information content (AvgIpc) is 2.77. The molecule has 1 aromatic carbocycles. The lowest BCUT2D eigenvalue weighted by atomic mass is 10.0. The summed E-state index contributed by atoms with van der Waals surface area (Å²) in [6.07, 6.45) is 4.98. The van der Waals surface area contributed by atoms with Gasteiger partial charge in [-0.15, -0.1) is 0 Å². The van der Waals surface area contributed by atoms with Crippen LogP contribution in [-0.4, -0.2) is 47.2 Å². The van der Waals surface area contributed by atoms with Crippen LogP contribution in [0.5, 0.6) is 0 Å². The van der Waals surface area contributed by atoms with Crippen LogP contribution >= 0.6 is 0 Å². The van der Waals surface area contributed by atoms with Crippen LogP contribution in [0.1, 0.15) is 78.7 Å². The summed E-state index contributed by atoms with van der Waals surface area (Å²) in [6.45, 7) is 10.1. The maximum atomic E-state index is 13.1. The number of nitrogens with zero attached hydrogens (tertiary/aromatic N) is 2. The molecule has 1 rings (SSSR count). The Morgan fingerprint density at radius 3 is 2.30 bits per heavy atom. The third-order valence-electron chi connectivity index (χ3n) is 4.88. The molecule has 0 aliphatic carbocycles. The van der Waals surface area contributed by atoms with E-state index < -0.39 is 17.6 Å². The second-order valence-corrected chi connectivity index (χ2v) is 9.12. The first kappa shape index (κ1) is 28.4. The summed E-state index contributed by atoms with van der Waals surface area (Å²) in [5.74, 6) is -0.854. The second kappa shape index (κ2) is 15.3. The van der Waals surface area contributed by atoms with E-state index in [-0.39, 0.29) is 19.1 Å². The van der Waals surface area contributed by atoms with Crippen LogP contribution in [0.4, 0.5) is 4.79 Å². The van der Waals surface area contributed by atoms with Crippen molar-refractivity contribution in [2.75, 3.05) is 13.1 Å². The molecule has 0 bridgehead atoms. The molecular formula is C25H41N3O5. The molecule has 0 saturated heterocycles. The minimum atomic E-state index is -0.674. The Hall–Kier alpha value is -2.61. The monoisotopic (exact) mass is 463 g/mol. The largest absolute Gasteiger partial charge is 0.442 e. The maximum absolute atomic E-state index is 13.1. The van der Waals surface area contributed by atoms with Crippen LogP contribution < -0.4 is 5.43 Å². The van der Waals surface area contributed by atoms with Crippen LogP contribution in [0, 0.1) is 5.92 Å². The maximum Gasteiger partial charge on any atom is 0.429 e. The highest BCUT2D eigenvalue weighted by atomic mass is 16.7. The van der Waals surface area contributed by atoms with Crippen molar-refractivity contribution >= 4 is 18.4 Å². The number of benzene rings is 1. The minimum Gasteiger partial charge on any atom is -0.442 e. The molecule has 0 aromatic heterocycles. The van der Waals surface area contributed by atoms with Crippen LogP contribution in [0.3, 0.4) is 0 Å². The van der Waals surface area contributed by atoms with Gasteiger partial charge >= 0.3 is 6.09 Å². The van der Waals surface area contributed by atoms with E-state index in [4.69, 9.17) is 9.57 Å². The molecule has 0 fully saturated rings. The van der Waals surface area contributed by atoms with Crippen molar-refractivity contribution < 1.29 is 24.0 Å². The zero-order valence-corrected chi connectivity index (χ0v) is 20.8. The summed E-state index contributed by atoms with van der Waals surface area (Å²) in [5, 5.41) is 2.40. The predicted octanol–water partition coefficient (Wildman–Crippen LogP) is 4.84. The van der Waals surface area contributed by atoms with Crippen LogP contribution in [-0.2, 0) is 25.8 Å². The van der Waals surface area contributed by atoms with Gasteiger partial charge in [0.1, 0.15) is 12.2 Å². The van der Waals surface area contributed by atoms with Crippen molar-refractivity contribution in [3.8, 4) is 0 Å². The molecule has 3 amide bonds. The highest BCUT2D eigenvalue weighted by Gasteiger charge is 2.27. The first-order valence-electron chi connectivity index (χ1n) is 11.9. The number of hydrogen-bond donors (Lipinski definition) is 1. The molecule has 0 aliphatic rings. The number of carbonyl (C=O) groups is 3. The summed E-state index contributed by atoms with van der Waals surface area (Å²) >= 11 is 0. The van der Waals surface area contributed by atoms with Crippen molar-refractivity contribution in [1.29, 1.82) is 0 Å². The zero-order valence-electron chi connectivity index (χ0n) is 20.8. The Labute approximate surface area is 198 Å². The molecule has 0 spiro atoms. The topological polar surface area (TPSA) is 88.2 Å². The SMILES string of the molecule is CCCCC[C@H](CN(C=O)OCc1ccccc1)C(=O)NN(CCCC)C(=O)OC(C)(C)C. The zero-order chi connectivity index (χ0) is 24.7. The molecule has 0 saturated carbocycles. The third kappa shape index (κ3) is 12.3. The Balaban J connectivity index is 2.85. The number of unbranched alkanes of at least 4 members (excludes halogenated alkanes) is 3. The molecule has 0 radical (unpaired) electrons. The fraction of sp³-hybridized carbons (Fsp3) is 0.640. The van der Waals surface area contributed by atoms with E-state index in [9.17, 15) is 14.4 Å². The Kier molecular flexibility index (Phi) is 13.1. The van der Waals surface area contributed by atoms with Crippen LogP contribution in [0.2, 0.25) is 0 Å². The Bertz CT molecular complexity index is 706. The molecule has 1 N–H and O–H groups in total. The Morgan fingerprint density at radius 2 is 1.73 bits per heavy atom. The lowest BCUT2D eigenvalue weighted by Crippen LogP contribution is -2.51. The lowest BCUT2D eigenvalue weighted by molar-refractivity contribution is -0.182. The van der Waals surface area contributed by atoms with E-state index in [1.807, 2.05) is 37.3 Å².